The molecule has 168 valence electrons. The highest BCUT2D eigenvalue weighted by Gasteiger charge is 2.28. The van der Waals surface area contributed by atoms with Crippen LogP contribution in [0.15, 0.2) is 36.4 Å². The lowest BCUT2D eigenvalue weighted by molar-refractivity contribution is -0.153. The molecule has 0 amide bonds. The van der Waals surface area contributed by atoms with Crippen LogP contribution in [0.3, 0.4) is 0 Å². The Labute approximate surface area is 183 Å². The van der Waals surface area contributed by atoms with Crippen LogP contribution in [0.4, 0.5) is 0 Å². The summed E-state index contributed by atoms with van der Waals surface area (Å²) >= 11 is 0. The van der Waals surface area contributed by atoms with Crippen molar-refractivity contribution < 1.29 is 28.6 Å². The number of carbonyl (C=O) groups excluding carboxylic acids is 3. The molecule has 0 aliphatic carbocycles. The lowest BCUT2D eigenvalue weighted by Gasteiger charge is -2.19. The highest BCUT2D eigenvalue weighted by molar-refractivity contribution is 6.02. The number of carbonyl (C=O) groups is 3. The summed E-state index contributed by atoms with van der Waals surface area (Å²) in [6, 6.07) is 10.9. The smallest absolute Gasteiger partial charge is 0.347 e. The Balaban J connectivity index is 2.30. The fourth-order valence-corrected chi connectivity index (χ4v) is 3.21. The number of hydrogen-bond donors (Lipinski definition) is 0. The maximum atomic E-state index is 13.0. The van der Waals surface area contributed by atoms with Crippen molar-refractivity contribution in [3.63, 3.8) is 0 Å². The Kier molecular flexibility index (Phi) is 9.50. The second-order valence-corrected chi connectivity index (χ2v) is 7.56. The van der Waals surface area contributed by atoms with Crippen molar-refractivity contribution in [2.24, 2.45) is 0 Å². The Bertz CT molecular complexity index is 904. The number of benzene rings is 2. The van der Waals surface area contributed by atoms with Gasteiger partial charge in [-0.1, -0.05) is 57.0 Å². The minimum absolute atomic E-state index is 0.242. The van der Waals surface area contributed by atoms with Gasteiger partial charge < -0.3 is 14.2 Å². The maximum Gasteiger partial charge on any atom is 0.347 e. The van der Waals surface area contributed by atoms with Gasteiger partial charge >= 0.3 is 17.9 Å². The minimum Gasteiger partial charge on any atom is -0.465 e. The molecule has 2 aromatic rings. The third kappa shape index (κ3) is 6.54. The number of unbranched alkanes of at least 4 members (excludes halogenated alkanes) is 2. The molecule has 2 atom stereocenters. The van der Waals surface area contributed by atoms with Gasteiger partial charge in [0.15, 0.2) is 6.10 Å². The zero-order valence-electron chi connectivity index (χ0n) is 18.8. The van der Waals surface area contributed by atoms with E-state index in [1.807, 2.05) is 38.1 Å². The van der Waals surface area contributed by atoms with Crippen molar-refractivity contribution in [2.75, 3.05) is 13.2 Å². The molecule has 0 aromatic heterocycles. The molecule has 31 heavy (non-hydrogen) atoms. The molecular formula is C25H32O6. The average molecular weight is 429 g/mol. The second-order valence-electron chi connectivity index (χ2n) is 7.56. The normalized spacial score (nSPS) is 12.8. The molecule has 0 unspecified atom stereocenters. The molecule has 0 fully saturated rings. The quantitative estimate of drug-likeness (QED) is 0.279. The van der Waals surface area contributed by atoms with Crippen molar-refractivity contribution in [1.29, 1.82) is 0 Å². The molecule has 0 radical (unpaired) electrons. The zero-order valence-corrected chi connectivity index (χ0v) is 18.8. The molecule has 2 rings (SSSR count). The number of esters is 3. The first-order valence-electron chi connectivity index (χ1n) is 11.0. The summed E-state index contributed by atoms with van der Waals surface area (Å²) in [7, 11) is 0. The highest BCUT2D eigenvalue weighted by atomic mass is 16.6. The zero-order chi connectivity index (χ0) is 22.8. The van der Waals surface area contributed by atoms with Crippen LogP contribution in [-0.4, -0.2) is 37.2 Å². The number of rotatable bonds is 11. The Hall–Kier alpha value is -2.89. The van der Waals surface area contributed by atoms with Crippen LogP contribution in [0, 0.1) is 0 Å². The van der Waals surface area contributed by atoms with Crippen LogP contribution in [0.2, 0.25) is 0 Å². The number of hydrogen-bond acceptors (Lipinski definition) is 6. The third-order valence-electron chi connectivity index (χ3n) is 5.08. The van der Waals surface area contributed by atoms with Crippen LogP contribution in [0.1, 0.15) is 75.2 Å². The first kappa shape index (κ1) is 24.4. The largest absolute Gasteiger partial charge is 0.465 e. The van der Waals surface area contributed by atoms with E-state index in [-0.39, 0.29) is 5.56 Å². The van der Waals surface area contributed by atoms with E-state index in [2.05, 4.69) is 0 Å². The summed E-state index contributed by atoms with van der Waals surface area (Å²) in [6.45, 7) is 7.84. The summed E-state index contributed by atoms with van der Waals surface area (Å²) in [5.41, 5.74) is 0.781. The highest BCUT2D eigenvalue weighted by Crippen LogP contribution is 2.31. The topological polar surface area (TPSA) is 78.9 Å². The lowest BCUT2D eigenvalue weighted by Crippen LogP contribution is -2.27. The van der Waals surface area contributed by atoms with Crippen molar-refractivity contribution in [3.05, 3.63) is 47.5 Å². The van der Waals surface area contributed by atoms with Crippen LogP contribution >= 0.6 is 0 Å². The molecule has 0 N–H and O–H groups in total. The van der Waals surface area contributed by atoms with Crippen molar-refractivity contribution >= 4 is 28.7 Å². The third-order valence-corrected chi connectivity index (χ3v) is 5.08. The molecule has 6 heteroatoms. The molecular weight excluding hydrogens is 396 g/mol. The van der Waals surface area contributed by atoms with Gasteiger partial charge in [0.25, 0.3) is 0 Å². The molecule has 0 saturated heterocycles. The van der Waals surface area contributed by atoms with Gasteiger partial charge in [-0.05, 0) is 49.1 Å². The first-order chi connectivity index (χ1) is 14.9. The predicted molar refractivity (Wildman–Crippen MR) is 119 cm³/mol. The molecule has 0 aliphatic rings. The number of fused-ring (bicyclic) bond motifs is 1. The van der Waals surface area contributed by atoms with Crippen molar-refractivity contribution in [2.45, 2.75) is 65.4 Å². The molecule has 0 spiro atoms. The molecule has 0 heterocycles. The molecule has 6 nitrogen and oxygen atoms in total. The monoisotopic (exact) mass is 428 g/mol. The summed E-state index contributed by atoms with van der Waals surface area (Å²) in [6.07, 6.45) is 2.29. The fourth-order valence-electron chi connectivity index (χ4n) is 3.21. The summed E-state index contributed by atoms with van der Waals surface area (Å²) in [5.74, 6) is -2.33. The number of ether oxygens (including phenoxy) is 3. The summed E-state index contributed by atoms with van der Waals surface area (Å²) in [5, 5.41) is 1.67. The van der Waals surface area contributed by atoms with E-state index in [1.165, 1.54) is 6.92 Å². The van der Waals surface area contributed by atoms with E-state index >= 15 is 0 Å². The maximum absolute atomic E-state index is 13.0. The van der Waals surface area contributed by atoms with Gasteiger partial charge in [0.05, 0.1) is 24.7 Å². The lowest BCUT2D eigenvalue weighted by atomic mass is 9.90. The van der Waals surface area contributed by atoms with Crippen molar-refractivity contribution in [1.82, 2.24) is 0 Å². The Morgan fingerprint density at radius 2 is 1.45 bits per heavy atom. The van der Waals surface area contributed by atoms with Gasteiger partial charge in [0.2, 0.25) is 0 Å². The van der Waals surface area contributed by atoms with Crippen molar-refractivity contribution in [3.8, 4) is 0 Å². The molecule has 2 aromatic carbocycles. The molecule has 0 bridgehead atoms. The Morgan fingerprint density at radius 3 is 2.10 bits per heavy atom. The summed E-state index contributed by atoms with van der Waals surface area (Å²) < 4.78 is 15.9. The van der Waals surface area contributed by atoms with Gasteiger partial charge in [-0.2, -0.15) is 0 Å². The van der Waals surface area contributed by atoms with E-state index in [9.17, 15) is 14.4 Å². The Morgan fingerprint density at radius 1 is 0.839 bits per heavy atom. The fraction of sp³-hybridized carbons (Fsp3) is 0.480. The standard InChI is InChI=1S/C25H32O6/c1-5-7-15-29-23(26)17(3)22-20-12-10-9-11-19(20)13-14-21(22)25(28)31-18(4)24(27)30-16-8-6-2/h9-14,17-18H,5-8,15-16H2,1-4H3/t17-,18-/m0/s1. The second kappa shape index (κ2) is 12.1. The molecule has 0 saturated carbocycles. The average Bonchev–Trinajstić information content (AvgIpc) is 2.77. The van der Waals surface area contributed by atoms with Crippen LogP contribution in [-0.2, 0) is 23.8 Å². The van der Waals surface area contributed by atoms with Gasteiger partial charge in [-0.3, -0.25) is 4.79 Å². The van der Waals surface area contributed by atoms with E-state index in [4.69, 9.17) is 14.2 Å². The van der Waals surface area contributed by atoms with Gasteiger partial charge in [-0.15, -0.1) is 0 Å². The predicted octanol–water partition coefficient (Wildman–Crippen LogP) is 5.18. The van der Waals surface area contributed by atoms with E-state index in [0.717, 1.165) is 36.5 Å². The molecule has 0 aliphatic heterocycles. The summed E-state index contributed by atoms with van der Waals surface area (Å²) in [4.78, 5) is 37.7. The van der Waals surface area contributed by atoms with E-state index in [0.29, 0.717) is 18.8 Å². The van der Waals surface area contributed by atoms with E-state index in [1.54, 1.807) is 19.1 Å². The van der Waals surface area contributed by atoms with Gasteiger partial charge in [0.1, 0.15) is 0 Å². The van der Waals surface area contributed by atoms with Crippen LogP contribution < -0.4 is 0 Å². The first-order valence-corrected chi connectivity index (χ1v) is 11.0. The van der Waals surface area contributed by atoms with E-state index < -0.39 is 29.9 Å². The van der Waals surface area contributed by atoms with Gasteiger partial charge in [-0.25, -0.2) is 9.59 Å². The minimum atomic E-state index is -1.05. The van der Waals surface area contributed by atoms with Gasteiger partial charge in [0, 0.05) is 0 Å². The van der Waals surface area contributed by atoms with Crippen LogP contribution in [0.25, 0.3) is 10.8 Å². The SMILES string of the molecule is CCCCOC(=O)[C@H](C)OC(=O)c1ccc2ccccc2c1[C@H](C)C(=O)OCCCC. The van der Waals surface area contributed by atoms with Crippen LogP contribution in [0.5, 0.6) is 0 Å².